The molecular weight excluding hydrogens is 534 g/mol. The van der Waals surface area contributed by atoms with Crippen molar-refractivity contribution in [1.29, 1.82) is 0 Å². The third-order valence-electron chi connectivity index (χ3n) is 6.19. The van der Waals surface area contributed by atoms with Crippen LogP contribution in [-0.4, -0.2) is 92.4 Å². The van der Waals surface area contributed by atoms with Crippen LogP contribution in [0.3, 0.4) is 0 Å². The Kier molecular flexibility index (Phi) is 9.55. The van der Waals surface area contributed by atoms with Gasteiger partial charge < -0.3 is 34.0 Å². The molecule has 0 aromatic carbocycles. The van der Waals surface area contributed by atoms with Crippen LogP contribution in [0.2, 0.25) is 19.6 Å². The molecule has 0 bridgehead atoms. The van der Waals surface area contributed by atoms with Gasteiger partial charge in [-0.2, -0.15) is 9.97 Å². The number of hydrogen-bond acceptors (Lipinski definition) is 12. The number of ether oxygens (including phenoxy) is 4. The SMILES string of the molecule is COc1nc(NCCCN2CCOCC2)nc(OC)c1NC(=O)c1ccc(Oc2nc([Si](C)(C)C)cnc2C)o1. The lowest BCUT2D eigenvalue weighted by Crippen LogP contribution is -2.40. The second-order valence-electron chi connectivity index (χ2n) is 10.2. The highest BCUT2D eigenvalue weighted by atomic mass is 28.3. The molecule has 1 amide bonds. The largest absolute Gasteiger partial charge is 0.479 e. The summed E-state index contributed by atoms with van der Waals surface area (Å²) in [5, 5.41) is 6.82. The number of furan rings is 1. The Balaban J connectivity index is 1.41. The van der Waals surface area contributed by atoms with E-state index in [1.165, 1.54) is 20.3 Å². The molecule has 216 valence electrons. The molecule has 0 saturated carbocycles. The molecule has 0 atom stereocenters. The standard InChI is InChI=1S/C26H37N7O6Si/c1-17-23(29-19(16-28-17)40(4,5)6)39-20-9-8-18(38-20)22(34)30-21-24(35-2)31-26(32-25(21)36-3)27-10-7-11-33-12-14-37-15-13-33/h8-9,16H,7,10-15H2,1-6H3,(H,30,34)(H,27,31,32). The molecule has 0 radical (unpaired) electrons. The van der Waals surface area contributed by atoms with E-state index in [1.807, 2.05) is 0 Å². The number of aryl methyl sites for hydroxylation is 1. The van der Waals surface area contributed by atoms with Crippen LogP contribution in [0, 0.1) is 6.92 Å². The number of aromatic nitrogens is 4. The van der Waals surface area contributed by atoms with Gasteiger partial charge in [-0.05, 0) is 26.0 Å². The molecule has 1 saturated heterocycles. The minimum absolute atomic E-state index is 0.0105. The zero-order valence-electron chi connectivity index (χ0n) is 23.9. The molecule has 4 heterocycles. The quantitative estimate of drug-likeness (QED) is 0.243. The fraction of sp³-hybridized carbons (Fsp3) is 0.500. The highest BCUT2D eigenvalue weighted by molar-refractivity contribution is 6.88. The molecule has 40 heavy (non-hydrogen) atoms. The molecule has 3 aromatic rings. The van der Waals surface area contributed by atoms with Gasteiger partial charge in [0.1, 0.15) is 8.07 Å². The van der Waals surface area contributed by atoms with Crippen LogP contribution in [0.1, 0.15) is 22.7 Å². The topological polar surface area (TPSA) is 146 Å². The van der Waals surface area contributed by atoms with Crippen molar-refractivity contribution in [2.75, 3.05) is 64.2 Å². The number of rotatable bonds is 12. The lowest BCUT2D eigenvalue weighted by molar-refractivity contribution is 0.0378. The number of anilines is 2. The number of nitrogens with zero attached hydrogens (tertiary/aromatic N) is 5. The fourth-order valence-electron chi connectivity index (χ4n) is 3.89. The van der Waals surface area contributed by atoms with E-state index in [2.05, 4.69) is 55.1 Å². The number of morpholine rings is 1. The summed E-state index contributed by atoms with van der Waals surface area (Å²) in [6.07, 6.45) is 2.69. The summed E-state index contributed by atoms with van der Waals surface area (Å²) in [4.78, 5) is 33.2. The molecule has 14 heteroatoms. The van der Waals surface area contributed by atoms with E-state index in [-0.39, 0.29) is 29.2 Å². The maximum atomic E-state index is 13.0. The van der Waals surface area contributed by atoms with Gasteiger partial charge in [-0.25, -0.2) is 4.98 Å². The maximum Gasteiger partial charge on any atom is 0.291 e. The maximum absolute atomic E-state index is 13.0. The van der Waals surface area contributed by atoms with Crippen molar-refractivity contribution < 1.29 is 28.2 Å². The Hall–Kier alpha value is -3.75. The summed E-state index contributed by atoms with van der Waals surface area (Å²) in [5.41, 5.74) is 0.795. The molecule has 3 aromatic heterocycles. The average molecular weight is 572 g/mol. The van der Waals surface area contributed by atoms with Gasteiger partial charge in [-0.15, -0.1) is 0 Å². The normalized spacial score (nSPS) is 14.1. The lowest BCUT2D eigenvalue weighted by atomic mass is 10.3. The van der Waals surface area contributed by atoms with Crippen LogP contribution in [0.25, 0.3) is 0 Å². The lowest BCUT2D eigenvalue weighted by Gasteiger charge is -2.26. The van der Waals surface area contributed by atoms with Gasteiger partial charge in [0.2, 0.25) is 23.6 Å². The summed E-state index contributed by atoms with van der Waals surface area (Å²) in [6.45, 7) is 13.3. The van der Waals surface area contributed by atoms with Crippen LogP contribution in [0.4, 0.5) is 11.6 Å². The second kappa shape index (κ2) is 13.1. The van der Waals surface area contributed by atoms with Crippen LogP contribution >= 0.6 is 0 Å². The minimum Gasteiger partial charge on any atom is -0.479 e. The van der Waals surface area contributed by atoms with Crippen LogP contribution in [0.5, 0.6) is 23.6 Å². The van der Waals surface area contributed by atoms with E-state index in [0.717, 1.165) is 44.6 Å². The first kappa shape index (κ1) is 29.2. The van der Waals surface area contributed by atoms with Crippen molar-refractivity contribution in [1.82, 2.24) is 24.8 Å². The molecule has 1 fully saturated rings. The molecule has 1 aliphatic heterocycles. The van der Waals surface area contributed by atoms with E-state index >= 15 is 0 Å². The van der Waals surface area contributed by atoms with Gasteiger partial charge in [0.25, 0.3) is 11.9 Å². The molecule has 0 unspecified atom stereocenters. The summed E-state index contributed by atoms with van der Waals surface area (Å²) < 4.78 is 27.7. The van der Waals surface area contributed by atoms with Gasteiger partial charge in [0, 0.05) is 37.2 Å². The second-order valence-corrected chi connectivity index (χ2v) is 15.3. The number of methoxy groups -OCH3 is 2. The van der Waals surface area contributed by atoms with Gasteiger partial charge in [0.05, 0.1) is 33.1 Å². The van der Waals surface area contributed by atoms with Crippen LogP contribution < -0.4 is 30.2 Å². The Labute approximate surface area is 234 Å². The van der Waals surface area contributed by atoms with Gasteiger partial charge in [-0.3, -0.25) is 14.7 Å². The van der Waals surface area contributed by atoms with Crippen molar-refractivity contribution >= 4 is 30.9 Å². The first-order chi connectivity index (χ1) is 19.2. The fourth-order valence-corrected chi connectivity index (χ4v) is 4.78. The van der Waals surface area contributed by atoms with Crippen LogP contribution in [0.15, 0.2) is 22.7 Å². The Bertz CT molecular complexity index is 1280. The molecule has 0 spiro atoms. The number of carbonyl (C=O) groups excluding carboxylic acids is 1. The highest BCUT2D eigenvalue weighted by Crippen LogP contribution is 2.33. The summed E-state index contributed by atoms with van der Waals surface area (Å²) in [6, 6.07) is 3.05. The zero-order valence-corrected chi connectivity index (χ0v) is 24.9. The van der Waals surface area contributed by atoms with E-state index in [4.69, 9.17) is 23.4 Å². The predicted octanol–water partition coefficient (Wildman–Crippen LogP) is 2.91. The van der Waals surface area contributed by atoms with E-state index < -0.39 is 14.0 Å². The first-order valence-corrected chi connectivity index (χ1v) is 16.6. The van der Waals surface area contributed by atoms with Gasteiger partial charge >= 0.3 is 0 Å². The Morgan fingerprint density at radius 3 is 2.40 bits per heavy atom. The van der Waals surface area contributed by atoms with Crippen molar-refractivity contribution in [2.45, 2.75) is 33.0 Å². The number of hydrogen-bond donors (Lipinski definition) is 2. The molecule has 4 rings (SSSR count). The van der Waals surface area contributed by atoms with Gasteiger partial charge in [0.15, 0.2) is 11.4 Å². The predicted molar refractivity (Wildman–Crippen MR) is 152 cm³/mol. The number of carbonyl (C=O) groups is 1. The Morgan fingerprint density at radius 1 is 1.05 bits per heavy atom. The number of nitrogens with one attached hydrogen (secondary N) is 2. The van der Waals surface area contributed by atoms with Crippen molar-refractivity contribution in [3.05, 3.63) is 29.8 Å². The first-order valence-electron chi connectivity index (χ1n) is 13.1. The molecule has 13 nitrogen and oxygen atoms in total. The minimum atomic E-state index is -1.69. The summed E-state index contributed by atoms with van der Waals surface area (Å²) in [5.74, 6) is 0.532. The highest BCUT2D eigenvalue weighted by Gasteiger charge is 2.23. The van der Waals surface area contributed by atoms with E-state index in [1.54, 1.807) is 19.2 Å². The van der Waals surface area contributed by atoms with E-state index in [0.29, 0.717) is 24.1 Å². The average Bonchev–Trinajstić information content (AvgIpc) is 3.41. The molecular formula is C26H37N7O6Si. The summed E-state index contributed by atoms with van der Waals surface area (Å²) >= 11 is 0. The van der Waals surface area contributed by atoms with Crippen LogP contribution in [-0.2, 0) is 4.74 Å². The van der Waals surface area contributed by atoms with Crippen molar-refractivity contribution in [2.24, 2.45) is 0 Å². The monoisotopic (exact) mass is 571 g/mol. The molecule has 2 N–H and O–H groups in total. The third-order valence-corrected chi connectivity index (χ3v) is 7.97. The smallest absolute Gasteiger partial charge is 0.291 e. The molecule has 0 aliphatic carbocycles. The number of amides is 1. The Morgan fingerprint density at radius 2 is 1.75 bits per heavy atom. The molecule has 1 aliphatic rings. The van der Waals surface area contributed by atoms with Crippen molar-refractivity contribution in [3.8, 4) is 23.6 Å². The third kappa shape index (κ3) is 7.46. The van der Waals surface area contributed by atoms with Gasteiger partial charge in [-0.1, -0.05) is 19.6 Å². The zero-order chi connectivity index (χ0) is 28.7. The van der Waals surface area contributed by atoms with Crippen molar-refractivity contribution in [3.63, 3.8) is 0 Å². The van der Waals surface area contributed by atoms with E-state index in [9.17, 15) is 4.79 Å². The summed E-state index contributed by atoms with van der Waals surface area (Å²) in [7, 11) is 1.21.